The van der Waals surface area contributed by atoms with Crippen molar-refractivity contribution < 1.29 is 41.3 Å². The van der Waals surface area contributed by atoms with Crippen LogP contribution in [0.3, 0.4) is 0 Å². The van der Waals surface area contributed by atoms with E-state index >= 15 is 0 Å². The third kappa shape index (κ3) is 7.19. The highest BCUT2D eigenvalue weighted by Gasteiger charge is 2.50. The van der Waals surface area contributed by atoms with Crippen LogP contribution in [0.1, 0.15) is 25.6 Å². The maximum atomic E-state index is 13.1. The summed E-state index contributed by atoms with van der Waals surface area (Å²) in [5.41, 5.74) is 2.97. The van der Waals surface area contributed by atoms with E-state index in [-0.39, 0.29) is 28.5 Å². The van der Waals surface area contributed by atoms with Crippen molar-refractivity contribution in [3.8, 4) is 17.0 Å². The van der Waals surface area contributed by atoms with Gasteiger partial charge in [0.25, 0.3) is 12.0 Å². The number of methoxy groups -OCH3 is 2. The monoisotopic (exact) mass is 710 g/mol. The van der Waals surface area contributed by atoms with Gasteiger partial charge in [0.1, 0.15) is 22.4 Å². The zero-order chi connectivity index (χ0) is 36.2. The van der Waals surface area contributed by atoms with Crippen LogP contribution < -0.4 is 20.1 Å². The molecule has 1 N–H and O–H groups in total. The fraction of sp³-hybridized carbons (Fsp3) is 0.400. The minimum absolute atomic E-state index is 0.0575. The Bertz CT molecular complexity index is 2040. The van der Waals surface area contributed by atoms with Crippen molar-refractivity contribution in [2.75, 3.05) is 63.5 Å². The molecule has 8 rings (SSSR count). The second kappa shape index (κ2) is 14.9. The van der Waals surface area contributed by atoms with E-state index in [9.17, 15) is 18.0 Å². The number of rotatable bonds is 5. The van der Waals surface area contributed by atoms with Crippen molar-refractivity contribution >= 4 is 40.0 Å². The minimum Gasteiger partial charge on any atom is -0.481 e. The lowest BCUT2D eigenvalue weighted by Gasteiger charge is -2.53. The smallest absolute Gasteiger partial charge is 0.451 e. The number of pyridine rings is 2. The molecule has 1 aromatic carbocycles. The Morgan fingerprint density at radius 3 is 2.47 bits per heavy atom. The van der Waals surface area contributed by atoms with E-state index in [0.29, 0.717) is 74.0 Å². The number of aromatic amines is 1. The number of anilines is 2. The predicted molar refractivity (Wildman–Crippen MR) is 182 cm³/mol. The Morgan fingerprint density at radius 2 is 1.80 bits per heavy atom. The summed E-state index contributed by atoms with van der Waals surface area (Å²) < 4.78 is 65.6. The summed E-state index contributed by atoms with van der Waals surface area (Å²) in [5, 5.41) is 0.575. The molecule has 51 heavy (non-hydrogen) atoms. The highest BCUT2D eigenvalue weighted by molar-refractivity contribution is 6.05. The average molecular weight is 711 g/mol. The topological polar surface area (TPSA) is 145 Å². The number of H-pyrrole nitrogens is 1. The Morgan fingerprint density at radius 1 is 1.06 bits per heavy atom. The standard InChI is InChI=1S/C18H21N3O4.C15H12F3N3O.C2H4O2/c1-12-18(10-24-11-18)25-7-6-21(12)15-8-13(9-20-16(15)22)14-4-3-5-19-17(14)23-2;16-15(17,18)14-19-11-9-5-1-2-6-10(9)22-12(11)13(20-14)21-7-3-4-8-21;1-4-2-3/h3-5,8-9,12H,6-7,10-11H2,1-2H3,(H,20,22);1-2,5-6H,3-4,7-8H2;2H,1H3. The van der Waals surface area contributed by atoms with E-state index in [1.807, 2.05) is 23.1 Å². The van der Waals surface area contributed by atoms with E-state index in [0.717, 1.165) is 24.0 Å². The van der Waals surface area contributed by atoms with Crippen LogP contribution in [0.5, 0.6) is 5.88 Å². The third-order valence-electron chi connectivity index (χ3n) is 9.07. The van der Waals surface area contributed by atoms with Gasteiger partial charge >= 0.3 is 6.18 Å². The van der Waals surface area contributed by atoms with Gasteiger partial charge in [0, 0.05) is 48.5 Å². The van der Waals surface area contributed by atoms with Gasteiger partial charge in [-0.3, -0.25) is 9.59 Å². The van der Waals surface area contributed by atoms with Crippen LogP contribution in [0.25, 0.3) is 33.2 Å². The summed E-state index contributed by atoms with van der Waals surface area (Å²) in [6.07, 6.45) is 0.666. The molecule has 4 aromatic heterocycles. The summed E-state index contributed by atoms with van der Waals surface area (Å²) in [5.74, 6) is -0.348. The maximum absolute atomic E-state index is 13.1. The molecule has 1 unspecified atom stereocenters. The van der Waals surface area contributed by atoms with Gasteiger partial charge in [0.15, 0.2) is 11.4 Å². The Labute approximate surface area is 290 Å². The fourth-order valence-electron chi connectivity index (χ4n) is 6.36. The number of nitrogens with zero attached hydrogens (tertiary/aromatic N) is 5. The molecule has 0 saturated carbocycles. The van der Waals surface area contributed by atoms with Crippen LogP contribution in [-0.4, -0.2) is 91.7 Å². The van der Waals surface area contributed by atoms with Gasteiger partial charge in [-0.05, 0) is 50.1 Å². The highest BCUT2D eigenvalue weighted by Crippen LogP contribution is 2.38. The maximum Gasteiger partial charge on any atom is 0.451 e. The largest absolute Gasteiger partial charge is 0.481 e. The average Bonchev–Trinajstić information content (AvgIpc) is 3.80. The number of alkyl halides is 3. The van der Waals surface area contributed by atoms with Crippen LogP contribution in [0, 0.1) is 0 Å². The molecular formula is C35H37F3N6O7. The molecule has 1 atom stereocenters. The number of hydrogen-bond acceptors (Lipinski definition) is 12. The molecule has 7 heterocycles. The Balaban J connectivity index is 0.000000160. The molecule has 3 fully saturated rings. The summed E-state index contributed by atoms with van der Waals surface area (Å²) in [6.45, 7) is 6.20. The van der Waals surface area contributed by atoms with Gasteiger partial charge in [-0.15, -0.1) is 0 Å². The molecule has 3 saturated heterocycles. The van der Waals surface area contributed by atoms with E-state index in [2.05, 4.69) is 36.5 Å². The van der Waals surface area contributed by atoms with E-state index < -0.39 is 12.0 Å². The van der Waals surface area contributed by atoms with Gasteiger partial charge in [0.05, 0.1) is 40.1 Å². The molecule has 16 heteroatoms. The number of halogens is 3. The molecule has 13 nitrogen and oxygen atoms in total. The first-order valence-corrected chi connectivity index (χ1v) is 16.3. The first kappa shape index (κ1) is 35.6. The predicted octanol–water partition coefficient (Wildman–Crippen LogP) is 5.22. The summed E-state index contributed by atoms with van der Waals surface area (Å²) in [6, 6.07) is 12.7. The number of fused-ring (bicyclic) bond motifs is 3. The summed E-state index contributed by atoms with van der Waals surface area (Å²) in [7, 11) is 2.90. The number of carbonyl (C=O) groups excluding carboxylic acids is 1. The molecule has 0 radical (unpaired) electrons. The molecule has 270 valence electrons. The van der Waals surface area contributed by atoms with Crippen molar-refractivity contribution in [1.82, 2.24) is 19.9 Å². The lowest BCUT2D eigenvalue weighted by atomic mass is 9.90. The molecule has 1 spiro atoms. The molecule has 0 bridgehead atoms. The summed E-state index contributed by atoms with van der Waals surface area (Å²) in [4.78, 5) is 39.9. The Hall–Kier alpha value is -5.22. The van der Waals surface area contributed by atoms with Crippen LogP contribution in [-0.2, 0) is 25.2 Å². The van der Waals surface area contributed by atoms with Gasteiger partial charge in [-0.1, -0.05) is 12.1 Å². The second-order valence-corrected chi connectivity index (χ2v) is 12.1. The minimum atomic E-state index is -4.58. The van der Waals surface area contributed by atoms with E-state index in [4.69, 9.17) is 23.4 Å². The van der Waals surface area contributed by atoms with Crippen molar-refractivity contribution in [1.29, 1.82) is 0 Å². The molecule has 3 aliphatic rings. The number of furan rings is 1. The highest BCUT2D eigenvalue weighted by atomic mass is 19.4. The van der Waals surface area contributed by atoms with Crippen molar-refractivity contribution in [3.63, 3.8) is 0 Å². The SMILES string of the molecule is COC=O.COc1ncccc1-c1c[nH]c(=O)c(N2CCOC3(COC3)C2C)c1.FC(F)(F)c1nc(N2CCCC2)c2oc3ccccc3c2n1. The fourth-order valence-corrected chi connectivity index (χ4v) is 6.36. The van der Waals surface area contributed by atoms with Crippen LogP contribution in [0.15, 0.2) is 64.1 Å². The van der Waals surface area contributed by atoms with Crippen LogP contribution >= 0.6 is 0 Å². The van der Waals surface area contributed by atoms with Crippen LogP contribution in [0.4, 0.5) is 24.7 Å². The second-order valence-electron chi connectivity index (χ2n) is 12.1. The van der Waals surface area contributed by atoms with E-state index in [1.165, 1.54) is 7.11 Å². The first-order chi connectivity index (χ1) is 24.6. The van der Waals surface area contributed by atoms with Gasteiger partial charge in [-0.25, -0.2) is 15.0 Å². The van der Waals surface area contributed by atoms with Gasteiger partial charge in [-0.2, -0.15) is 13.2 Å². The zero-order valence-electron chi connectivity index (χ0n) is 28.2. The lowest BCUT2D eigenvalue weighted by molar-refractivity contribution is -0.228. The number of benzene rings is 1. The van der Waals surface area contributed by atoms with E-state index in [1.54, 1.807) is 43.8 Å². The molecule has 3 aliphatic heterocycles. The van der Waals surface area contributed by atoms with Gasteiger partial charge < -0.3 is 38.1 Å². The Kier molecular flexibility index (Phi) is 10.4. The molecule has 5 aromatic rings. The zero-order valence-corrected chi connectivity index (χ0v) is 28.2. The number of ether oxygens (including phenoxy) is 4. The van der Waals surface area contributed by atoms with Crippen molar-refractivity contribution in [3.05, 3.63) is 71.0 Å². The van der Waals surface area contributed by atoms with Gasteiger partial charge in [0.2, 0.25) is 11.7 Å². The number of para-hydroxylation sites is 1. The number of nitrogens with one attached hydrogen (secondary N) is 1. The molecular weight excluding hydrogens is 673 g/mol. The number of aromatic nitrogens is 4. The van der Waals surface area contributed by atoms with Crippen molar-refractivity contribution in [2.45, 2.75) is 37.6 Å². The first-order valence-electron chi connectivity index (χ1n) is 16.3. The third-order valence-corrected chi connectivity index (χ3v) is 9.07. The molecule has 0 amide bonds. The molecule has 0 aliphatic carbocycles. The number of hydrogen-bond donors (Lipinski definition) is 1. The van der Waals surface area contributed by atoms with Crippen LogP contribution in [0.2, 0.25) is 0 Å². The number of carbonyl (C=O) groups is 1. The van der Waals surface area contributed by atoms with Crippen molar-refractivity contribution in [2.24, 2.45) is 0 Å². The number of morpholine rings is 1. The summed E-state index contributed by atoms with van der Waals surface area (Å²) >= 11 is 0. The quantitative estimate of drug-likeness (QED) is 0.239. The lowest BCUT2D eigenvalue weighted by Crippen LogP contribution is -2.68. The normalized spacial score (nSPS) is 18.0.